The van der Waals surface area contributed by atoms with Crippen LogP contribution in [0.4, 0.5) is 0 Å². The lowest BCUT2D eigenvalue weighted by atomic mass is 9.99. The second kappa shape index (κ2) is 6.48. The van der Waals surface area contributed by atoms with Gasteiger partial charge in [-0.2, -0.15) is 0 Å². The molecule has 20 heavy (non-hydrogen) atoms. The third kappa shape index (κ3) is 3.19. The van der Waals surface area contributed by atoms with Crippen LogP contribution in [0.15, 0.2) is 39.3 Å². The van der Waals surface area contributed by atoms with Crippen LogP contribution in [-0.4, -0.2) is 12.2 Å². The fourth-order valence-electron chi connectivity index (χ4n) is 2.02. The van der Waals surface area contributed by atoms with Gasteiger partial charge in [-0.25, -0.2) is 0 Å². The third-order valence-corrected chi connectivity index (χ3v) is 4.48. The van der Waals surface area contributed by atoms with E-state index in [-0.39, 0.29) is 0 Å². The van der Waals surface area contributed by atoms with E-state index in [0.29, 0.717) is 20.8 Å². The van der Waals surface area contributed by atoms with Crippen molar-refractivity contribution in [3.05, 3.63) is 61.0 Å². The SMILES string of the molecule is COc1c(Br)cc(Cl)cc1C(O)c1ccc(C)cc1Br. The largest absolute Gasteiger partial charge is 0.495 e. The van der Waals surface area contributed by atoms with Crippen LogP contribution in [0.25, 0.3) is 0 Å². The van der Waals surface area contributed by atoms with Gasteiger partial charge in [0, 0.05) is 15.1 Å². The molecule has 0 aliphatic rings. The van der Waals surface area contributed by atoms with E-state index >= 15 is 0 Å². The maximum absolute atomic E-state index is 10.6. The minimum atomic E-state index is -0.824. The first kappa shape index (κ1) is 15.8. The molecule has 0 fully saturated rings. The summed E-state index contributed by atoms with van der Waals surface area (Å²) in [6, 6.07) is 9.25. The van der Waals surface area contributed by atoms with Gasteiger partial charge >= 0.3 is 0 Å². The molecule has 2 aromatic rings. The molecule has 2 rings (SSSR count). The van der Waals surface area contributed by atoms with E-state index in [1.165, 1.54) is 0 Å². The zero-order valence-corrected chi connectivity index (χ0v) is 14.9. The first-order chi connectivity index (χ1) is 9.43. The van der Waals surface area contributed by atoms with E-state index in [1.807, 2.05) is 25.1 Å². The van der Waals surface area contributed by atoms with Gasteiger partial charge in [0.1, 0.15) is 11.9 Å². The molecule has 0 bridgehead atoms. The quantitative estimate of drug-likeness (QED) is 0.734. The Morgan fingerprint density at radius 3 is 2.40 bits per heavy atom. The van der Waals surface area contributed by atoms with Crippen molar-refractivity contribution in [3.8, 4) is 5.75 Å². The van der Waals surface area contributed by atoms with Gasteiger partial charge in [0.25, 0.3) is 0 Å². The summed E-state index contributed by atoms with van der Waals surface area (Å²) in [7, 11) is 1.56. The molecule has 0 aromatic heterocycles. The summed E-state index contributed by atoms with van der Waals surface area (Å²) in [5, 5.41) is 11.2. The van der Waals surface area contributed by atoms with Gasteiger partial charge in [-0.3, -0.25) is 0 Å². The number of benzene rings is 2. The fraction of sp³-hybridized carbons (Fsp3) is 0.200. The van der Waals surface area contributed by atoms with Crippen molar-refractivity contribution < 1.29 is 9.84 Å². The third-order valence-electron chi connectivity index (χ3n) is 2.99. The van der Waals surface area contributed by atoms with Crippen LogP contribution in [0.5, 0.6) is 5.75 Å². The highest BCUT2D eigenvalue weighted by atomic mass is 79.9. The molecular weight excluding hydrogens is 407 g/mol. The number of aliphatic hydroxyl groups is 1. The van der Waals surface area contributed by atoms with Crippen molar-refractivity contribution in [2.45, 2.75) is 13.0 Å². The lowest BCUT2D eigenvalue weighted by Gasteiger charge is -2.18. The van der Waals surface area contributed by atoms with Crippen molar-refractivity contribution in [3.63, 3.8) is 0 Å². The summed E-state index contributed by atoms with van der Waals surface area (Å²) in [6.45, 7) is 2.00. The van der Waals surface area contributed by atoms with E-state index in [0.717, 1.165) is 15.6 Å². The topological polar surface area (TPSA) is 29.5 Å². The molecule has 0 aliphatic carbocycles. The lowest BCUT2D eigenvalue weighted by Crippen LogP contribution is -2.04. The van der Waals surface area contributed by atoms with Crippen molar-refractivity contribution in [2.24, 2.45) is 0 Å². The smallest absolute Gasteiger partial charge is 0.139 e. The Morgan fingerprint density at radius 1 is 1.10 bits per heavy atom. The Kier molecular flexibility index (Phi) is 5.13. The van der Waals surface area contributed by atoms with Gasteiger partial charge in [0.15, 0.2) is 0 Å². The number of hydrogen-bond donors (Lipinski definition) is 1. The fourth-order valence-corrected chi connectivity index (χ4v) is 3.73. The average molecular weight is 421 g/mol. The normalized spacial score (nSPS) is 12.3. The Bertz CT molecular complexity index is 644. The molecule has 106 valence electrons. The minimum Gasteiger partial charge on any atom is -0.495 e. The van der Waals surface area contributed by atoms with Crippen LogP contribution >= 0.6 is 43.5 Å². The maximum atomic E-state index is 10.6. The zero-order chi connectivity index (χ0) is 14.9. The molecule has 0 aliphatic heterocycles. The van der Waals surface area contributed by atoms with Crippen LogP contribution in [-0.2, 0) is 0 Å². The molecule has 0 amide bonds. The summed E-state index contributed by atoms with van der Waals surface area (Å²) in [4.78, 5) is 0. The molecule has 0 heterocycles. The number of rotatable bonds is 3. The van der Waals surface area contributed by atoms with Crippen molar-refractivity contribution in [1.29, 1.82) is 0 Å². The Morgan fingerprint density at radius 2 is 1.80 bits per heavy atom. The molecule has 1 N–H and O–H groups in total. The van der Waals surface area contributed by atoms with Crippen molar-refractivity contribution in [1.82, 2.24) is 0 Å². The van der Waals surface area contributed by atoms with Crippen LogP contribution in [0.1, 0.15) is 22.8 Å². The van der Waals surface area contributed by atoms with E-state index in [9.17, 15) is 5.11 Å². The molecule has 0 spiro atoms. The summed E-state index contributed by atoms with van der Waals surface area (Å²) < 4.78 is 6.92. The number of methoxy groups -OCH3 is 1. The van der Waals surface area contributed by atoms with Gasteiger partial charge in [0.2, 0.25) is 0 Å². The van der Waals surface area contributed by atoms with Gasteiger partial charge in [-0.1, -0.05) is 39.7 Å². The number of hydrogen-bond acceptors (Lipinski definition) is 2. The van der Waals surface area contributed by atoms with E-state index in [2.05, 4.69) is 31.9 Å². The molecule has 2 aromatic carbocycles. The molecule has 0 saturated carbocycles. The Balaban J connectivity index is 2.55. The van der Waals surface area contributed by atoms with Crippen LogP contribution in [0.3, 0.4) is 0 Å². The molecule has 2 nitrogen and oxygen atoms in total. The molecule has 5 heteroatoms. The van der Waals surface area contributed by atoms with Crippen LogP contribution < -0.4 is 4.74 Å². The molecule has 0 saturated heterocycles. The van der Waals surface area contributed by atoms with E-state index in [1.54, 1.807) is 19.2 Å². The first-order valence-corrected chi connectivity index (χ1v) is 7.87. The van der Waals surface area contributed by atoms with E-state index < -0.39 is 6.10 Å². The second-order valence-corrected chi connectivity index (χ2v) is 6.58. The van der Waals surface area contributed by atoms with Crippen molar-refractivity contribution in [2.75, 3.05) is 7.11 Å². The Hall–Kier alpha value is -0.550. The minimum absolute atomic E-state index is 0.537. The highest BCUT2D eigenvalue weighted by Crippen LogP contribution is 2.39. The monoisotopic (exact) mass is 418 g/mol. The number of halogens is 3. The predicted molar refractivity (Wildman–Crippen MR) is 88.6 cm³/mol. The molecule has 1 unspecified atom stereocenters. The van der Waals surface area contributed by atoms with Gasteiger partial charge in [-0.15, -0.1) is 0 Å². The van der Waals surface area contributed by atoms with Crippen molar-refractivity contribution >= 4 is 43.5 Å². The van der Waals surface area contributed by atoms with Crippen LogP contribution in [0, 0.1) is 6.92 Å². The van der Waals surface area contributed by atoms with Gasteiger partial charge in [0.05, 0.1) is 11.6 Å². The standard InChI is InChI=1S/C15H13Br2ClO2/c1-8-3-4-10(12(16)5-8)14(19)11-6-9(18)7-13(17)15(11)20-2/h3-7,14,19H,1-2H3. The lowest BCUT2D eigenvalue weighted by molar-refractivity contribution is 0.214. The molecule has 1 atom stereocenters. The highest BCUT2D eigenvalue weighted by Gasteiger charge is 2.20. The van der Waals surface area contributed by atoms with Gasteiger partial charge in [-0.05, 0) is 52.2 Å². The Labute approximate surface area is 140 Å². The number of aliphatic hydroxyl groups excluding tert-OH is 1. The zero-order valence-electron chi connectivity index (χ0n) is 11.0. The number of ether oxygens (including phenoxy) is 1. The summed E-state index contributed by atoms with van der Waals surface area (Å²) >= 11 is 12.9. The second-order valence-electron chi connectivity index (χ2n) is 4.44. The average Bonchev–Trinajstić information content (AvgIpc) is 2.37. The molecular formula is C15H13Br2ClO2. The molecule has 0 radical (unpaired) electrons. The van der Waals surface area contributed by atoms with E-state index in [4.69, 9.17) is 16.3 Å². The van der Waals surface area contributed by atoms with Gasteiger partial charge < -0.3 is 9.84 Å². The highest BCUT2D eigenvalue weighted by molar-refractivity contribution is 9.10. The first-order valence-electron chi connectivity index (χ1n) is 5.91. The number of aryl methyl sites for hydroxylation is 1. The predicted octanol–water partition coefficient (Wildman–Crippen LogP) is 5.26. The summed E-state index contributed by atoms with van der Waals surface area (Å²) in [5.41, 5.74) is 2.51. The summed E-state index contributed by atoms with van der Waals surface area (Å²) in [5.74, 6) is 0.578. The summed E-state index contributed by atoms with van der Waals surface area (Å²) in [6.07, 6.45) is -0.824. The van der Waals surface area contributed by atoms with Crippen LogP contribution in [0.2, 0.25) is 5.02 Å². The maximum Gasteiger partial charge on any atom is 0.139 e.